The molecule has 1 atom stereocenters. The second-order valence-electron chi connectivity index (χ2n) is 5.25. The van der Waals surface area contributed by atoms with Gasteiger partial charge in [0.25, 0.3) is 0 Å². The Labute approximate surface area is 126 Å². The Bertz CT molecular complexity index is 745. The standard InChI is InChI=1S/C15H18N2OS2/c1-8(2)12(7-16)18-11-6-13-14(17-9(3)20-13)15-10(11)4-5-19-15/h4-6,8,12H,7,16H2,1-3H3. The Hall–Kier alpha value is -1.17. The van der Waals surface area contributed by atoms with Crippen LogP contribution in [0.5, 0.6) is 5.75 Å². The summed E-state index contributed by atoms with van der Waals surface area (Å²) in [5.41, 5.74) is 6.92. The Kier molecular flexibility index (Phi) is 3.67. The Morgan fingerprint density at radius 3 is 2.90 bits per heavy atom. The van der Waals surface area contributed by atoms with Gasteiger partial charge >= 0.3 is 0 Å². The minimum absolute atomic E-state index is 0.0459. The Balaban J connectivity index is 2.15. The molecule has 1 aromatic carbocycles. The number of hydrogen-bond acceptors (Lipinski definition) is 5. The third-order valence-electron chi connectivity index (χ3n) is 3.42. The van der Waals surface area contributed by atoms with E-state index in [1.54, 1.807) is 22.7 Å². The van der Waals surface area contributed by atoms with E-state index in [1.807, 2.05) is 6.92 Å². The van der Waals surface area contributed by atoms with Gasteiger partial charge in [-0.25, -0.2) is 4.98 Å². The lowest BCUT2D eigenvalue weighted by atomic mass is 10.1. The highest BCUT2D eigenvalue weighted by atomic mass is 32.1. The fourth-order valence-electron chi connectivity index (χ4n) is 2.30. The predicted octanol–water partition coefficient (Wildman–Crippen LogP) is 4.18. The van der Waals surface area contributed by atoms with Gasteiger partial charge in [-0.15, -0.1) is 22.7 Å². The number of aromatic nitrogens is 1. The average Bonchev–Trinajstić information content (AvgIpc) is 3.00. The second kappa shape index (κ2) is 5.31. The average molecular weight is 306 g/mol. The van der Waals surface area contributed by atoms with E-state index in [0.29, 0.717) is 12.5 Å². The molecule has 0 aliphatic rings. The van der Waals surface area contributed by atoms with Crippen molar-refractivity contribution < 1.29 is 4.74 Å². The number of hydrogen-bond donors (Lipinski definition) is 1. The van der Waals surface area contributed by atoms with Crippen LogP contribution in [0.25, 0.3) is 20.3 Å². The van der Waals surface area contributed by atoms with E-state index in [2.05, 4.69) is 36.3 Å². The molecule has 20 heavy (non-hydrogen) atoms. The van der Waals surface area contributed by atoms with Gasteiger partial charge in [0.15, 0.2) is 0 Å². The number of aryl methyl sites for hydroxylation is 1. The summed E-state index contributed by atoms with van der Waals surface area (Å²) in [6.45, 7) is 6.85. The summed E-state index contributed by atoms with van der Waals surface area (Å²) in [4.78, 5) is 4.64. The number of benzene rings is 1. The molecule has 3 nitrogen and oxygen atoms in total. The lowest BCUT2D eigenvalue weighted by molar-refractivity contribution is 0.162. The SMILES string of the molecule is Cc1nc2c(cc(OC(CN)C(C)C)c3ccsc32)s1. The largest absolute Gasteiger partial charge is 0.488 e. The molecule has 0 amide bonds. The molecule has 2 heterocycles. The topological polar surface area (TPSA) is 48.1 Å². The van der Waals surface area contributed by atoms with E-state index in [1.165, 1.54) is 9.40 Å². The summed E-state index contributed by atoms with van der Waals surface area (Å²) in [6.07, 6.45) is 0.0459. The maximum Gasteiger partial charge on any atom is 0.130 e. The Morgan fingerprint density at radius 2 is 2.20 bits per heavy atom. The van der Waals surface area contributed by atoms with Crippen LogP contribution in [0.4, 0.5) is 0 Å². The minimum atomic E-state index is 0.0459. The van der Waals surface area contributed by atoms with Gasteiger partial charge in [-0.2, -0.15) is 0 Å². The van der Waals surface area contributed by atoms with Gasteiger partial charge < -0.3 is 10.5 Å². The van der Waals surface area contributed by atoms with Gasteiger partial charge in [0.2, 0.25) is 0 Å². The molecule has 0 saturated carbocycles. The van der Waals surface area contributed by atoms with Crippen LogP contribution >= 0.6 is 22.7 Å². The van der Waals surface area contributed by atoms with Crippen molar-refractivity contribution in [3.05, 3.63) is 22.5 Å². The smallest absolute Gasteiger partial charge is 0.130 e. The zero-order valence-electron chi connectivity index (χ0n) is 11.8. The molecule has 106 valence electrons. The van der Waals surface area contributed by atoms with Crippen molar-refractivity contribution in [3.8, 4) is 5.75 Å². The molecule has 1 unspecified atom stereocenters. The van der Waals surface area contributed by atoms with Crippen molar-refractivity contribution in [2.45, 2.75) is 26.9 Å². The normalized spacial score (nSPS) is 13.4. The van der Waals surface area contributed by atoms with Crippen LogP contribution < -0.4 is 10.5 Å². The van der Waals surface area contributed by atoms with Crippen molar-refractivity contribution in [1.29, 1.82) is 0 Å². The summed E-state index contributed by atoms with van der Waals surface area (Å²) < 4.78 is 8.57. The number of fused-ring (bicyclic) bond motifs is 3. The number of thiazole rings is 1. The molecule has 0 spiro atoms. The molecule has 3 rings (SSSR count). The molecule has 2 aromatic heterocycles. The van der Waals surface area contributed by atoms with E-state index >= 15 is 0 Å². The highest BCUT2D eigenvalue weighted by Crippen LogP contribution is 2.39. The van der Waals surface area contributed by atoms with Crippen LogP contribution in [0.3, 0.4) is 0 Å². The van der Waals surface area contributed by atoms with Crippen LogP contribution in [0.1, 0.15) is 18.9 Å². The first-order valence-corrected chi connectivity index (χ1v) is 8.44. The van der Waals surface area contributed by atoms with Gasteiger partial charge in [0, 0.05) is 18.0 Å². The summed E-state index contributed by atoms with van der Waals surface area (Å²) in [5.74, 6) is 1.33. The molecule has 2 N–H and O–H groups in total. The van der Waals surface area contributed by atoms with Crippen LogP contribution in [0, 0.1) is 12.8 Å². The highest BCUT2D eigenvalue weighted by Gasteiger charge is 2.17. The molecule has 0 saturated heterocycles. The van der Waals surface area contributed by atoms with Crippen LogP contribution in [0.15, 0.2) is 17.5 Å². The number of rotatable bonds is 4. The maximum absolute atomic E-state index is 6.17. The first-order valence-electron chi connectivity index (χ1n) is 6.74. The second-order valence-corrected chi connectivity index (χ2v) is 7.40. The van der Waals surface area contributed by atoms with E-state index in [-0.39, 0.29) is 6.10 Å². The maximum atomic E-state index is 6.17. The molecule has 0 aliphatic heterocycles. The predicted molar refractivity (Wildman–Crippen MR) is 88.0 cm³/mol. The highest BCUT2D eigenvalue weighted by molar-refractivity contribution is 7.21. The summed E-state index contributed by atoms with van der Waals surface area (Å²) in [7, 11) is 0. The van der Waals surface area contributed by atoms with Gasteiger partial charge in [-0.05, 0) is 24.3 Å². The van der Waals surface area contributed by atoms with E-state index in [0.717, 1.165) is 21.7 Å². The fourth-order valence-corrected chi connectivity index (χ4v) is 4.14. The van der Waals surface area contributed by atoms with Gasteiger partial charge in [-0.3, -0.25) is 0 Å². The van der Waals surface area contributed by atoms with Crippen molar-refractivity contribution in [1.82, 2.24) is 4.98 Å². The van der Waals surface area contributed by atoms with E-state index in [9.17, 15) is 0 Å². The van der Waals surface area contributed by atoms with Crippen LogP contribution in [0.2, 0.25) is 0 Å². The van der Waals surface area contributed by atoms with Gasteiger partial charge in [-0.1, -0.05) is 13.8 Å². The van der Waals surface area contributed by atoms with Crippen molar-refractivity contribution in [2.75, 3.05) is 6.54 Å². The lowest BCUT2D eigenvalue weighted by Gasteiger charge is -2.21. The summed E-state index contributed by atoms with van der Waals surface area (Å²) in [5, 5.41) is 4.33. The van der Waals surface area contributed by atoms with Crippen LogP contribution in [-0.4, -0.2) is 17.6 Å². The van der Waals surface area contributed by atoms with Crippen LogP contribution in [-0.2, 0) is 0 Å². The third kappa shape index (κ3) is 2.30. The minimum Gasteiger partial charge on any atom is -0.488 e. The molecular weight excluding hydrogens is 288 g/mol. The monoisotopic (exact) mass is 306 g/mol. The lowest BCUT2D eigenvalue weighted by Crippen LogP contribution is -2.31. The summed E-state index contributed by atoms with van der Waals surface area (Å²) in [6, 6.07) is 4.22. The Morgan fingerprint density at radius 1 is 1.40 bits per heavy atom. The molecule has 0 radical (unpaired) electrons. The van der Waals surface area contributed by atoms with Gasteiger partial charge in [0.1, 0.15) is 11.9 Å². The quantitative estimate of drug-likeness (QED) is 0.786. The third-order valence-corrected chi connectivity index (χ3v) is 5.26. The van der Waals surface area contributed by atoms with E-state index in [4.69, 9.17) is 10.5 Å². The zero-order chi connectivity index (χ0) is 14.3. The number of thiophene rings is 1. The molecule has 0 aliphatic carbocycles. The zero-order valence-corrected chi connectivity index (χ0v) is 13.5. The first-order chi connectivity index (χ1) is 9.60. The molecule has 0 fully saturated rings. The number of nitrogens with two attached hydrogens (primary N) is 1. The molecular formula is C15H18N2OS2. The van der Waals surface area contributed by atoms with Crippen molar-refractivity contribution in [3.63, 3.8) is 0 Å². The fraction of sp³-hybridized carbons (Fsp3) is 0.400. The molecule has 5 heteroatoms. The van der Waals surface area contributed by atoms with Crippen molar-refractivity contribution in [2.24, 2.45) is 11.7 Å². The van der Waals surface area contributed by atoms with Gasteiger partial charge in [0.05, 0.1) is 19.9 Å². The van der Waals surface area contributed by atoms with E-state index < -0.39 is 0 Å². The van der Waals surface area contributed by atoms with Crippen molar-refractivity contribution >= 4 is 43.0 Å². The summed E-state index contributed by atoms with van der Waals surface area (Å²) >= 11 is 3.43. The first kappa shape index (κ1) is 13.8. The number of ether oxygens (including phenoxy) is 1. The molecule has 0 bridgehead atoms. The molecule has 3 aromatic rings. The number of nitrogens with zero attached hydrogens (tertiary/aromatic N) is 1.